The number of rotatable bonds is 5. The third kappa shape index (κ3) is 3.58. The van der Waals surface area contributed by atoms with Gasteiger partial charge in [-0.2, -0.15) is 0 Å². The van der Waals surface area contributed by atoms with Gasteiger partial charge >= 0.3 is 5.97 Å². The number of ether oxygens (including phenoxy) is 2. The number of benzene rings is 1. The van der Waals surface area contributed by atoms with Crippen LogP contribution in [0.2, 0.25) is 0 Å². The van der Waals surface area contributed by atoms with Crippen molar-refractivity contribution in [3.63, 3.8) is 0 Å². The highest BCUT2D eigenvalue weighted by atomic mass is 32.1. The average molecular weight is 357 g/mol. The quantitative estimate of drug-likeness (QED) is 0.655. The van der Waals surface area contributed by atoms with E-state index in [0.717, 1.165) is 35.3 Å². The number of hydrogen-bond acceptors (Lipinski definition) is 5. The number of methoxy groups -OCH3 is 2. The lowest BCUT2D eigenvalue weighted by atomic mass is 10.1. The minimum absolute atomic E-state index is 0.295. The van der Waals surface area contributed by atoms with E-state index in [2.05, 4.69) is 5.32 Å². The highest BCUT2D eigenvalue weighted by molar-refractivity contribution is 7.17. The van der Waals surface area contributed by atoms with Crippen molar-refractivity contribution < 1.29 is 19.1 Å². The van der Waals surface area contributed by atoms with Crippen LogP contribution in [0.25, 0.3) is 6.08 Å². The average Bonchev–Trinajstić information content (AvgIpc) is 3.20. The molecule has 0 atom stereocenters. The molecular weight excluding hydrogens is 338 g/mol. The molecule has 2 aromatic rings. The van der Waals surface area contributed by atoms with Gasteiger partial charge in [-0.25, -0.2) is 4.79 Å². The first-order chi connectivity index (χ1) is 12.1. The summed E-state index contributed by atoms with van der Waals surface area (Å²) in [7, 11) is 2.94. The fraction of sp³-hybridized carbons (Fsp3) is 0.263. The van der Waals surface area contributed by atoms with Crippen molar-refractivity contribution in [2.24, 2.45) is 0 Å². The Kier molecular flexibility index (Phi) is 5.19. The number of hydrogen-bond donors (Lipinski definition) is 1. The molecule has 6 heteroatoms. The summed E-state index contributed by atoms with van der Waals surface area (Å²) in [6.45, 7) is 0. The molecule has 0 saturated carbocycles. The number of aryl methyl sites for hydroxylation is 1. The van der Waals surface area contributed by atoms with E-state index in [-0.39, 0.29) is 5.91 Å². The lowest BCUT2D eigenvalue weighted by Crippen LogP contribution is -2.12. The van der Waals surface area contributed by atoms with Crippen LogP contribution in [0.1, 0.15) is 32.8 Å². The predicted octanol–water partition coefficient (Wildman–Crippen LogP) is 3.68. The lowest BCUT2D eigenvalue weighted by Gasteiger charge is -2.06. The van der Waals surface area contributed by atoms with Crippen LogP contribution in [0.3, 0.4) is 0 Å². The zero-order chi connectivity index (χ0) is 17.8. The van der Waals surface area contributed by atoms with E-state index in [4.69, 9.17) is 9.47 Å². The summed E-state index contributed by atoms with van der Waals surface area (Å²) in [4.78, 5) is 25.5. The zero-order valence-corrected chi connectivity index (χ0v) is 14.9. The van der Waals surface area contributed by atoms with Gasteiger partial charge in [0.15, 0.2) is 0 Å². The normalized spacial score (nSPS) is 12.9. The molecule has 3 rings (SSSR count). The molecule has 25 heavy (non-hydrogen) atoms. The molecule has 1 aliphatic carbocycles. The summed E-state index contributed by atoms with van der Waals surface area (Å²) >= 11 is 1.46. The SMILES string of the molecule is COC(=O)c1c(NC(=O)/C=C/c2ccccc2OC)sc2c1CCC2. The summed E-state index contributed by atoms with van der Waals surface area (Å²) in [5.74, 6) is -0.00343. The Labute approximate surface area is 150 Å². The molecule has 1 aromatic carbocycles. The number of carbonyl (C=O) groups is 2. The Hall–Kier alpha value is -2.60. The molecule has 0 spiro atoms. The number of para-hydroxylation sites is 1. The van der Waals surface area contributed by atoms with Gasteiger partial charge in [-0.05, 0) is 37.0 Å². The summed E-state index contributed by atoms with van der Waals surface area (Å²) in [5, 5.41) is 3.38. The Balaban J connectivity index is 1.80. The number of thiophene rings is 1. The number of nitrogens with one attached hydrogen (secondary N) is 1. The highest BCUT2D eigenvalue weighted by Crippen LogP contribution is 2.39. The van der Waals surface area contributed by atoms with Crippen LogP contribution in [0.5, 0.6) is 5.75 Å². The topological polar surface area (TPSA) is 64.6 Å². The summed E-state index contributed by atoms with van der Waals surface area (Å²) in [6.07, 6.45) is 5.95. The standard InChI is InChI=1S/C19H19NO4S/c1-23-14-8-4-3-6-12(14)10-11-16(21)20-18-17(19(22)24-2)13-7-5-9-15(13)25-18/h3-4,6,8,10-11H,5,7,9H2,1-2H3,(H,20,21)/b11-10+. The monoisotopic (exact) mass is 357 g/mol. The number of anilines is 1. The van der Waals surface area contributed by atoms with Gasteiger partial charge < -0.3 is 14.8 Å². The molecule has 1 N–H and O–H groups in total. The Morgan fingerprint density at radius 2 is 2.00 bits per heavy atom. The van der Waals surface area contributed by atoms with Crippen LogP contribution in [0, 0.1) is 0 Å². The largest absolute Gasteiger partial charge is 0.496 e. The van der Waals surface area contributed by atoms with Crippen molar-refractivity contribution in [2.45, 2.75) is 19.3 Å². The first-order valence-electron chi connectivity index (χ1n) is 7.99. The highest BCUT2D eigenvalue weighted by Gasteiger charge is 2.27. The smallest absolute Gasteiger partial charge is 0.341 e. The second kappa shape index (κ2) is 7.53. The van der Waals surface area contributed by atoms with Gasteiger partial charge in [0.2, 0.25) is 5.91 Å². The first-order valence-corrected chi connectivity index (χ1v) is 8.80. The van der Waals surface area contributed by atoms with Gasteiger partial charge in [0.25, 0.3) is 0 Å². The van der Waals surface area contributed by atoms with Gasteiger partial charge in [-0.3, -0.25) is 4.79 Å². The van der Waals surface area contributed by atoms with E-state index in [0.29, 0.717) is 16.3 Å². The molecule has 0 fully saturated rings. The van der Waals surface area contributed by atoms with E-state index in [1.807, 2.05) is 24.3 Å². The first kappa shape index (κ1) is 17.2. The molecule has 0 unspecified atom stereocenters. The molecule has 0 aliphatic heterocycles. The third-order valence-corrected chi connectivity index (χ3v) is 5.31. The Morgan fingerprint density at radius 3 is 2.76 bits per heavy atom. The minimum Gasteiger partial charge on any atom is -0.496 e. The summed E-state index contributed by atoms with van der Waals surface area (Å²) < 4.78 is 10.1. The van der Waals surface area contributed by atoms with Crippen LogP contribution in [0.15, 0.2) is 30.3 Å². The molecule has 1 amide bonds. The second-order valence-electron chi connectivity index (χ2n) is 5.62. The van der Waals surface area contributed by atoms with Gasteiger partial charge in [-0.15, -0.1) is 11.3 Å². The maximum Gasteiger partial charge on any atom is 0.341 e. The maximum absolute atomic E-state index is 12.3. The van der Waals surface area contributed by atoms with E-state index < -0.39 is 5.97 Å². The molecular formula is C19H19NO4S. The Bertz CT molecular complexity index is 838. The number of amides is 1. The van der Waals surface area contributed by atoms with Gasteiger partial charge in [0.1, 0.15) is 10.8 Å². The zero-order valence-electron chi connectivity index (χ0n) is 14.1. The maximum atomic E-state index is 12.3. The van der Waals surface area contributed by atoms with Crippen LogP contribution < -0.4 is 10.1 Å². The van der Waals surface area contributed by atoms with Crippen LogP contribution in [-0.4, -0.2) is 26.1 Å². The van der Waals surface area contributed by atoms with E-state index >= 15 is 0 Å². The van der Waals surface area contributed by atoms with Gasteiger partial charge in [-0.1, -0.05) is 18.2 Å². The van der Waals surface area contributed by atoms with Crippen LogP contribution in [-0.2, 0) is 22.4 Å². The Morgan fingerprint density at radius 1 is 1.20 bits per heavy atom. The molecule has 130 valence electrons. The van der Waals surface area contributed by atoms with E-state index in [1.54, 1.807) is 13.2 Å². The van der Waals surface area contributed by atoms with Gasteiger partial charge in [0.05, 0.1) is 19.8 Å². The fourth-order valence-corrected chi connectivity index (χ4v) is 4.21. The molecule has 1 aromatic heterocycles. The van der Waals surface area contributed by atoms with Gasteiger partial charge in [0, 0.05) is 16.5 Å². The van der Waals surface area contributed by atoms with Crippen molar-refractivity contribution in [3.05, 3.63) is 51.9 Å². The number of fused-ring (bicyclic) bond motifs is 1. The molecule has 0 saturated heterocycles. The summed E-state index contributed by atoms with van der Waals surface area (Å²) in [6, 6.07) is 7.43. The fourth-order valence-electron chi connectivity index (χ4n) is 2.93. The van der Waals surface area contributed by atoms with Crippen molar-refractivity contribution in [2.75, 3.05) is 19.5 Å². The molecule has 1 heterocycles. The second-order valence-corrected chi connectivity index (χ2v) is 6.72. The third-order valence-electron chi connectivity index (χ3n) is 4.10. The molecule has 1 aliphatic rings. The van der Waals surface area contributed by atoms with Crippen LogP contribution in [0.4, 0.5) is 5.00 Å². The van der Waals surface area contributed by atoms with Crippen molar-refractivity contribution in [1.29, 1.82) is 0 Å². The number of carbonyl (C=O) groups excluding carboxylic acids is 2. The van der Waals surface area contributed by atoms with Crippen molar-refractivity contribution >= 4 is 34.3 Å². The predicted molar refractivity (Wildman–Crippen MR) is 98.3 cm³/mol. The summed E-state index contributed by atoms with van der Waals surface area (Å²) in [5.41, 5.74) is 2.32. The van der Waals surface area contributed by atoms with Crippen molar-refractivity contribution in [1.82, 2.24) is 0 Å². The van der Waals surface area contributed by atoms with Crippen molar-refractivity contribution in [3.8, 4) is 5.75 Å². The minimum atomic E-state index is -0.400. The van der Waals surface area contributed by atoms with Crippen LogP contribution >= 0.6 is 11.3 Å². The lowest BCUT2D eigenvalue weighted by molar-refractivity contribution is -0.111. The number of esters is 1. The van der Waals surface area contributed by atoms with E-state index in [9.17, 15) is 9.59 Å². The van der Waals surface area contributed by atoms with E-state index in [1.165, 1.54) is 24.5 Å². The molecule has 0 bridgehead atoms. The molecule has 5 nitrogen and oxygen atoms in total. The molecule has 0 radical (unpaired) electrons.